The number of hydrogen-bond acceptors (Lipinski definition) is 7. The second-order valence-electron chi connectivity index (χ2n) is 8.97. The third-order valence-corrected chi connectivity index (χ3v) is 6.26. The first-order valence-corrected chi connectivity index (χ1v) is 11.5. The van der Waals surface area contributed by atoms with Crippen LogP contribution >= 0.6 is 0 Å². The Morgan fingerprint density at radius 2 is 1.91 bits per heavy atom. The van der Waals surface area contributed by atoms with Crippen LogP contribution in [0.1, 0.15) is 42.8 Å². The molecule has 1 aliphatic heterocycles. The molecule has 0 aliphatic carbocycles. The number of hydrogen-bond donors (Lipinski definition) is 3. The predicted octanol–water partition coefficient (Wildman–Crippen LogP) is 4.25. The number of aromatic nitrogens is 3. The fraction of sp³-hybridized carbons (Fsp3) is 0.458. The van der Waals surface area contributed by atoms with Gasteiger partial charge in [0.05, 0.1) is 17.0 Å². The Bertz CT molecular complexity index is 1280. The van der Waals surface area contributed by atoms with E-state index in [1.807, 2.05) is 0 Å². The molecule has 35 heavy (non-hydrogen) atoms. The minimum Gasteiger partial charge on any atom is -0.399 e. The van der Waals surface area contributed by atoms with Crippen molar-refractivity contribution in [1.82, 2.24) is 14.5 Å². The standard InChI is InChI=1S/C24H29F3N6O2/c1-13(16-8-17(24(25,26)27)10-18(28)9-16)30-21-19-11-20(29-12-15-4-6-35-7-5-15)23(34)33(3)22(19)32-14(2)31-21/h8-11,13,15,29H,4-7,12,28H2,1-3H3,(H,30,31,32)/t13-/m1/s1. The van der Waals surface area contributed by atoms with Gasteiger partial charge in [-0.15, -0.1) is 0 Å². The summed E-state index contributed by atoms with van der Waals surface area (Å²) in [6.07, 6.45) is -2.66. The number of benzene rings is 1. The second kappa shape index (κ2) is 9.73. The van der Waals surface area contributed by atoms with E-state index in [0.29, 0.717) is 59.6 Å². The molecule has 0 saturated carbocycles. The van der Waals surface area contributed by atoms with E-state index in [4.69, 9.17) is 10.5 Å². The molecule has 2 aromatic heterocycles. The van der Waals surface area contributed by atoms with Crippen LogP contribution < -0.4 is 21.9 Å². The topological polar surface area (TPSA) is 107 Å². The molecular formula is C24H29F3N6O2. The molecule has 1 saturated heterocycles. The zero-order valence-corrected chi connectivity index (χ0v) is 19.9. The number of nitrogens with two attached hydrogens (primary N) is 1. The lowest BCUT2D eigenvalue weighted by atomic mass is 10.0. The Labute approximate surface area is 200 Å². The normalized spacial score (nSPS) is 15.8. The van der Waals surface area contributed by atoms with E-state index >= 15 is 0 Å². The molecule has 1 aliphatic rings. The van der Waals surface area contributed by atoms with Crippen LogP contribution in [-0.2, 0) is 18.0 Å². The largest absolute Gasteiger partial charge is 0.416 e. The highest BCUT2D eigenvalue weighted by Crippen LogP contribution is 2.34. The first-order chi connectivity index (χ1) is 16.5. The first-order valence-electron chi connectivity index (χ1n) is 11.5. The van der Waals surface area contributed by atoms with Crippen molar-refractivity contribution in [2.24, 2.45) is 13.0 Å². The molecule has 0 unspecified atom stereocenters. The maximum atomic E-state index is 13.3. The van der Waals surface area contributed by atoms with Crippen molar-refractivity contribution in [2.45, 2.75) is 38.9 Å². The molecule has 0 amide bonds. The van der Waals surface area contributed by atoms with Crippen LogP contribution in [0.5, 0.6) is 0 Å². The minimum atomic E-state index is -4.51. The third kappa shape index (κ3) is 5.50. The van der Waals surface area contributed by atoms with Gasteiger partial charge in [-0.2, -0.15) is 13.2 Å². The fourth-order valence-electron chi connectivity index (χ4n) is 4.26. The molecule has 4 rings (SSSR count). The lowest BCUT2D eigenvalue weighted by Crippen LogP contribution is -2.27. The molecule has 8 nitrogen and oxygen atoms in total. The van der Waals surface area contributed by atoms with E-state index in [2.05, 4.69) is 20.6 Å². The van der Waals surface area contributed by atoms with Gasteiger partial charge in [0.2, 0.25) is 0 Å². The van der Waals surface area contributed by atoms with Gasteiger partial charge in [0.15, 0.2) is 0 Å². The molecule has 188 valence electrons. The Kier molecular flexibility index (Phi) is 6.88. The first kappa shape index (κ1) is 24.8. The summed E-state index contributed by atoms with van der Waals surface area (Å²) in [6.45, 7) is 5.48. The van der Waals surface area contributed by atoms with Crippen molar-refractivity contribution in [2.75, 3.05) is 36.1 Å². The van der Waals surface area contributed by atoms with Gasteiger partial charge in [0, 0.05) is 32.5 Å². The summed E-state index contributed by atoms with van der Waals surface area (Å²) in [4.78, 5) is 21.9. The quantitative estimate of drug-likeness (QED) is 0.444. The van der Waals surface area contributed by atoms with Crippen LogP contribution in [0.4, 0.5) is 30.4 Å². The summed E-state index contributed by atoms with van der Waals surface area (Å²) in [5, 5.41) is 7.04. The van der Waals surface area contributed by atoms with Gasteiger partial charge in [-0.3, -0.25) is 9.36 Å². The number of ether oxygens (including phenoxy) is 1. The maximum Gasteiger partial charge on any atom is 0.416 e. The SMILES string of the molecule is Cc1nc(N[C@H](C)c2cc(N)cc(C(F)(F)F)c2)c2cc(NCC3CCOCC3)c(=O)n(C)c2n1. The van der Waals surface area contributed by atoms with Crippen LogP contribution in [0, 0.1) is 12.8 Å². The molecule has 3 heterocycles. The maximum absolute atomic E-state index is 13.3. The number of aryl methyl sites for hydroxylation is 2. The van der Waals surface area contributed by atoms with Crippen LogP contribution in [-0.4, -0.2) is 34.3 Å². The number of nitrogens with zero attached hydrogens (tertiary/aromatic N) is 3. The van der Waals surface area contributed by atoms with Gasteiger partial charge < -0.3 is 21.1 Å². The van der Waals surface area contributed by atoms with Crippen molar-refractivity contribution >= 4 is 28.2 Å². The number of pyridine rings is 1. The fourth-order valence-corrected chi connectivity index (χ4v) is 4.26. The summed E-state index contributed by atoms with van der Waals surface area (Å²) >= 11 is 0. The van der Waals surface area contributed by atoms with Crippen molar-refractivity contribution < 1.29 is 17.9 Å². The monoisotopic (exact) mass is 490 g/mol. The number of nitrogens with one attached hydrogen (secondary N) is 2. The molecule has 4 N–H and O–H groups in total. The Hall–Kier alpha value is -3.34. The number of alkyl halides is 3. The van der Waals surface area contributed by atoms with Gasteiger partial charge in [-0.1, -0.05) is 0 Å². The van der Waals surface area contributed by atoms with Crippen molar-refractivity contribution in [3.63, 3.8) is 0 Å². The number of fused-ring (bicyclic) bond motifs is 1. The molecular weight excluding hydrogens is 461 g/mol. The molecule has 1 atom stereocenters. The number of nitrogen functional groups attached to an aromatic ring is 1. The van der Waals surface area contributed by atoms with Gasteiger partial charge in [-0.05, 0) is 62.4 Å². The summed E-state index contributed by atoms with van der Waals surface area (Å²) in [5.74, 6) is 1.25. The molecule has 3 aromatic rings. The summed E-state index contributed by atoms with van der Waals surface area (Å²) in [5.41, 5.74) is 5.95. The summed E-state index contributed by atoms with van der Waals surface area (Å²) < 4.78 is 46.7. The molecule has 0 bridgehead atoms. The highest BCUT2D eigenvalue weighted by Gasteiger charge is 2.31. The van der Waals surface area contributed by atoms with Crippen molar-refractivity contribution in [3.8, 4) is 0 Å². The van der Waals surface area contributed by atoms with Gasteiger partial charge in [-0.25, -0.2) is 9.97 Å². The lowest BCUT2D eigenvalue weighted by Gasteiger charge is -2.23. The summed E-state index contributed by atoms with van der Waals surface area (Å²) in [6, 6.07) is 4.63. The lowest BCUT2D eigenvalue weighted by molar-refractivity contribution is -0.137. The Morgan fingerprint density at radius 1 is 1.20 bits per heavy atom. The van der Waals surface area contributed by atoms with Gasteiger partial charge in [0.25, 0.3) is 5.56 Å². The molecule has 11 heteroatoms. The molecule has 1 aromatic carbocycles. The highest BCUT2D eigenvalue weighted by atomic mass is 19.4. The average molecular weight is 491 g/mol. The summed E-state index contributed by atoms with van der Waals surface area (Å²) in [7, 11) is 1.64. The van der Waals surface area contributed by atoms with Gasteiger partial charge >= 0.3 is 6.18 Å². The van der Waals surface area contributed by atoms with E-state index in [-0.39, 0.29) is 11.2 Å². The van der Waals surface area contributed by atoms with E-state index < -0.39 is 17.8 Å². The van der Waals surface area contributed by atoms with Crippen molar-refractivity contribution in [3.05, 3.63) is 51.6 Å². The van der Waals surface area contributed by atoms with E-state index in [9.17, 15) is 18.0 Å². The minimum absolute atomic E-state index is 0.0224. The van der Waals surface area contributed by atoms with Crippen LogP contribution in [0.3, 0.4) is 0 Å². The zero-order chi connectivity index (χ0) is 25.3. The number of halogens is 3. The van der Waals surface area contributed by atoms with Crippen LogP contribution in [0.25, 0.3) is 11.0 Å². The predicted molar refractivity (Wildman–Crippen MR) is 129 cm³/mol. The second-order valence-corrected chi connectivity index (χ2v) is 8.97. The smallest absolute Gasteiger partial charge is 0.399 e. The number of anilines is 3. The third-order valence-electron chi connectivity index (χ3n) is 6.26. The molecule has 0 spiro atoms. The highest BCUT2D eigenvalue weighted by molar-refractivity contribution is 5.89. The van der Waals surface area contributed by atoms with E-state index in [0.717, 1.165) is 25.0 Å². The van der Waals surface area contributed by atoms with Crippen molar-refractivity contribution in [1.29, 1.82) is 0 Å². The van der Waals surface area contributed by atoms with Gasteiger partial charge in [0.1, 0.15) is 23.0 Å². The van der Waals surface area contributed by atoms with Crippen LogP contribution in [0.2, 0.25) is 0 Å². The average Bonchev–Trinajstić information content (AvgIpc) is 2.80. The Morgan fingerprint density at radius 3 is 2.60 bits per heavy atom. The molecule has 1 fully saturated rings. The van der Waals surface area contributed by atoms with E-state index in [1.165, 1.54) is 10.6 Å². The Balaban J connectivity index is 1.68. The van der Waals surface area contributed by atoms with Crippen LogP contribution in [0.15, 0.2) is 29.1 Å². The van der Waals surface area contributed by atoms with E-state index in [1.54, 1.807) is 27.0 Å². The number of rotatable bonds is 6. The molecule has 0 radical (unpaired) electrons. The zero-order valence-electron chi connectivity index (χ0n) is 19.9.